The Morgan fingerprint density at radius 2 is 2.19 bits per heavy atom. The maximum atomic E-state index is 6.16. The molecule has 0 bridgehead atoms. The smallest absolute Gasteiger partial charge is 0.237 e. The summed E-state index contributed by atoms with van der Waals surface area (Å²) in [5.74, 6) is 1.73. The Kier molecular flexibility index (Phi) is 3.94. The summed E-state index contributed by atoms with van der Waals surface area (Å²) in [5, 5.41) is 13.3. The summed E-state index contributed by atoms with van der Waals surface area (Å²) >= 11 is 7.64. The molecule has 6 nitrogen and oxygen atoms in total. The predicted molar refractivity (Wildman–Crippen MR) is 79.7 cm³/mol. The fourth-order valence-electron chi connectivity index (χ4n) is 1.76. The first kappa shape index (κ1) is 14.1. The van der Waals surface area contributed by atoms with E-state index < -0.39 is 0 Å². The molecule has 2 aromatic heterocycles. The number of nitrogens with zero attached hydrogens (tertiary/aromatic N) is 5. The van der Waals surface area contributed by atoms with Gasteiger partial charge in [0.15, 0.2) is 11.0 Å². The van der Waals surface area contributed by atoms with Gasteiger partial charge in [-0.2, -0.15) is 4.98 Å². The maximum absolute atomic E-state index is 6.16. The van der Waals surface area contributed by atoms with Gasteiger partial charge in [0.05, 0.1) is 11.4 Å². The molecule has 0 radical (unpaired) electrons. The second-order valence-electron chi connectivity index (χ2n) is 4.44. The van der Waals surface area contributed by atoms with Gasteiger partial charge in [-0.15, -0.1) is 10.2 Å². The van der Waals surface area contributed by atoms with Crippen molar-refractivity contribution in [1.82, 2.24) is 24.9 Å². The number of hydrogen-bond donors (Lipinski definition) is 0. The van der Waals surface area contributed by atoms with Gasteiger partial charge in [0.25, 0.3) is 0 Å². The van der Waals surface area contributed by atoms with E-state index in [1.807, 2.05) is 29.7 Å². The highest BCUT2D eigenvalue weighted by atomic mass is 35.5. The standard InChI is InChI=1S/C13H12ClN5OS/c1-8-3-4-10(5-11(8)14)19-7-15-17-13(19)21-6-12-16-9(2)18-20-12/h3-5,7H,6H2,1-2H3. The summed E-state index contributed by atoms with van der Waals surface area (Å²) in [7, 11) is 0. The molecule has 0 aliphatic carbocycles. The van der Waals surface area contributed by atoms with Crippen LogP contribution in [0.3, 0.4) is 0 Å². The van der Waals surface area contributed by atoms with Gasteiger partial charge < -0.3 is 4.52 Å². The first-order valence-corrected chi connectivity index (χ1v) is 7.58. The van der Waals surface area contributed by atoms with Crippen molar-refractivity contribution >= 4 is 23.4 Å². The van der Waals surface area contributed by atoms with E-state index in [1.54, 1.807) is 13.3 Å². The monoisotopic (exact) mass is 321 g/mol. The van der Waals surface area contributed by atoms with Gasteiger partial charge in [0, 0.05) is 5.02 Å². The molecule has 0 N–H and O–H groups in total. The molecule has 0 fully saturated rings. The van der Waals surface area contributed by atoms with Crippen molar-refractivity contribution < 1.29 is 4.52 Å². The molecule has 0 aliphatic rings. The molecule has 0 saturated carbocycles. The topological polar surface area (TPSA) is 69.6 Å². The number of halogens is 1. The van der Waals surface area contributed by atoms with Crippen LogP contribution in [-0.4, -0.2) is 24.9 Å². The van der Waals surface area contributed by atoms with E-state index in [9.17, 15) is 0 Å². The zero-order valence-electron chi connectivity index (χ0n) is 11.4. The van der Waals surface area contributed by atoms with Gasteiger partial charge >= 0.3 is 0 Å². The molecule has 108 valence electrons. The average molecular weight is 322 g/mol. The fraction of sp³-hybridized carbons (Fsp3) is 0.231. The molecule has 0 aliphatic heterocycles. The Morgan fingerprint density at radius 3 is 2.90 bits per heavy atom. The number of rotatable bonds is 4. The Balaban J connectivity index is 1.81. The van der Waals surface area contributed by atoms with Crippen LogP contribution in [0, 0.1) is 13.8 Å². The molecular formula is C13H12ClN5OS. The summed E-state index contributed by atoms with van der Waals surface area (Å²) in [6, 6.07) is 5.83. The largest absolute Gasteiger partial charge is 0.338 e. The van der Waals surface area contributed by atoms with Crippen LogP contribution in [0.25, 0.3) is 5.69 Å². The highest BCUT2D eigenvalue weighted by Crippen LogP contribution is 2.25. The number of thioether (sulfide) groups is 1. The number of aryl methyl sites for hydroxylation is 2. The lowest BCUT2D eigenvalue weighted by atomic mass is 10.2. The van der Waals surface area contributed by atoms with Crippen LogP contribution in [0.5, 0.6) is 0 Å². The quantitative estimate of drug-likeness (QED) is 0.687. The van der Waals surface area contributed by atoms with Gasteiger partial charge in [-0.05, 0) is 31.5 Å². The first-order chi connectivity index (χ1) is 10.1. The highest BCUT2D eigenvalue weighted by Gasteiger charge is 2.11. The van der Waals surface area contributed by atoms with Crippen molar-refractivity contribution in [3.8, 4) is 5.69 Å². The SMILES string of the molecule is Cc1noc(CSc2nncn2-c2ccc(C)c(Cl)c2)n1. The molecule has 2 heterocycles. The molecule has 3 rings (SSSR count). The molecule has 0 atom stereocenters. The molecule has 0 unspecified atom stereocenters. The van der Waals surface area contributed by atoms with E-state index in [1.165, 1.54) is 11.8 Å². The van der Waals surface area contributed by atoms with E-state index in [4.69, 9.17) is 16.1 Å². The van der Waals surface area contributed by atoms with Crippen LogP contribution in [0.2, 0.25) is 5.02 Å². The zero-order valence-corrected chi connectivity index (χ0v) is 13.0. The van der Waals surface area contributed by atoms with Crippen molar-refractivity contribution in [2.75, 3.05) is 0 Å². The van der Waals surface area contributed by atoms with Gasteiger partial charge in [0.1, 0.15) is 6.33 Å². The lowest BCUT2D eigenvalue weighted by Gasteiger charge is -2.07. The Morgan fingerprint density at radius 1 is 1.33 bits per heavy atom. The maximum Gasteiger partial charge on any atom is 0.237 e. The molecule has 1 aromatic carbocycles. The summed E-state index contributed by atoms with van der Waals surface area (Å²) in [4.78, 5) is 4.16. The van der Waals surface area contributed by atoms with Crippen LogP contribution in [0.4, 0.5) is 0 Å². The summed E-state index contributed by atoms with van der Waals surface area (Å²) in [5.41, 5.74) is 1.95. The minimum atomic E-state index is 0.541. The predicted octanol–water partition coefficient (Wildman–Crippen LogP) is 3.21. The molecular weight excluding hydrogens is 310 g/mol. The molecule has 3 aromatic rings. The van der Waals surface area contributed by atoms with E-state index in [-0.39, 0.29) is 0 Å². The molecule has 0 spiro atoms. The minimum absolute atomic E-state index is 0.541. The van der Waals surface area contributed by atoms with E-state index >= 15 is 0 Å². The molecule has 8 heteroatoms. The second kappa shape index (κ2) is 5.87. The van der Waals surface area contributed by atoms with Crippen molar-refractivity contribution in [3.63, 3.8) is 0 Å². The van der Waals surface area contributed by atoms with Crippen LogP contribution in [-0.2, 0) is 5.75 Å². The Labute approximate surface area is 130 Å². The first-order valence-electron chi connectivity index (χ1n) is 6.22. The lowest BCUT2D eigenvalue weighted by Crippen LogP contribution is -1.96. The minimum Gasteiger partial charge on any atom is -0.338 e. The van der Waals surface area contributed by atoms with Crippen molar-refractivity contribution in [1.29, 1.82) is 0 Å². The molecule has 0 saturated heterocycles. The highest BCUT2D eigenvalue weighted by molar-refractivity contribution is 7.98. The molecule has 21 heavy (non-hydrogen) atoms. The lowest BCUT2D eigenvalue weighted by molar-refractivity contribution is 0.387. The van der Waals surface area contributed by atoms with Gasteiger partial charge in [0.2, 0.25) is 5.89 Å². The van der Waals surface area contributed by atoms with E-state index in [2.05, 4.69) is 20.3 Å². The fourth-order valence-corrected chi connectivity index (χ4v) is 2.70. The van der Waals surface area contributed by atoms with Crippen LogP contribution in [0.15, 0.2) is 34.2 Å². The zero-order chi connectivity index (χ0) is 14.8. The third kappa shape index (κ3) is 3.08. The van der Waals surface area contributed by atoms with Gasteiger partial charge in [-0.3, -0.25) is 4.57 Å². The second-order valence-corrected chi connectivity index (χ2v) is 5.79. The third-order valence-electron chi connectivity index (χ3n) is 2.84. The number of hydrogen-bond acceptors (Lipinski definition) is 6. The van der Waals surface area contributed by atoms with Crippen molar-refractivity contribution in [2.24, 2.45) is 0 Å². The Hall–Kier alpha value is -1.86. The van der Waals surface area contributed by atoms with E-state index in [0.717, 1.165) is 16.4 Å². The molecule has 0 amide bonds. The normalized spacial score (nSPS) is 11.0. The van der Waals surface area contributed by atoms with Crippen LogP contribution >= 0.6 is 23.4 Å². The van der Waals surface area contributed by atoms with Crippen molar-refractivity contribution in [3.05, 3.63) is 46.8 Å². The number of aromatic nitrogens is 5. The average Bonchev–Trinajstić information content (AvgIpc) is 3.08. The van der Waals surface area contributed by atoms with Gasteiger partial charge in [-0.25, -0.2) is 0 Å². The summed E-state index contributed by atoms with van der Waals surface area (Å²) < 4.78 is 6.96. The Bertz CT molecular complexity index is 770. The number of benzene rings is 1. The van der Waals surface area contributed by atoms with Gasteiger partial charge in [-0.1, -0.05) is 34.6 Å². The van der Waals surface area contributed by atoms with E-state index in [0.29, 0.717) is 22.5 Å². The van der Waals surface area contributed by atoms with Crippen LogP contribution in [0.1, 0.15) is 17.3 Å². The third-order valence-corrected chi connectivity index (χ3v) is 4.18. The van der Waals surface area contributed by atoms with Crippen LogP contribution < -0.4 is 0 Å². The summed E-state index contributed by atoms with van der Waals surface area (Å²) in [6.07, 6.45) is 1.66. The summed E-state index contributed by atoms with van der Waals surface area (Å²) in [6.45, 7) is 3.75. The van der Waals surface area contributed by atoms with Crippen molar-refractivity contribution in [2.45, 2.75) is 24.8 Å².